The van der Waals surface area contributed by atoms with Crippen LogP contribution in [0.2, 0.25) is 0 Å². The molecule has 0 aliphatic heterocycles. The standard InChI is InChI=1S/C21H19N5O3S2/c1-12-9-13(2)24-20(23-12)17-10-15(5-8-19(17)31(22,28)29)25-21-26-18(11-30-21)14-3-6-16(27)7-4-14/h3-11,27H,1-2H3,(H,25,26)(H2,22,28,29). The highest BCUT2D eigenvalue weighted by molar-refractivity contribution is 7.89. The topological polar surface area (TPSA) is 131 Å². The summed E-state index contributed by atoms with van der Waals surface area (Å²) in [6.45, 7) is 3.63. The average molecular weight is 454 g/mol. The molecule has 2 aromatic heterocycles. The van der Waals surface area contributed by atoms with Crippen LogP contribution in [0.5, 0.6) is 5.75 Å². The number of benzene rings is 2. The third-order valence-corrected chi connectivity index (χ3v) is 6.15. The second-order valence-electron chi connectivity index (χ2n) is 6.94. The number of aromatic hydroxyl groups is 1. The fraction of sp³-hybridized carbons (Fsp3) is 0.0952. The van der Waals surface area contributed by atoms with E-state index in [4.69, 9.17) is 5.14 Å². The summed E-state index contributed by atoms with van der Waals surface area (Å²) in [6, 6.07) is 13.3. The summed E-state index contributed by atoms with van der Waals surface area (Å²) in [5.74, 6) is 0.475. The number of hydrogen-bond donors (Lipinski definition) is 3. The van der Waals surface area contributed by atoms with Crippen molar-refractivity contribution >= 4 is 32.2 Å². The van der Waals surface area contributed by atoms with Crippen molar-refractivity contribution in [3.8, 4) is 28.4 Å². The molecule has 0 aliphatic rings. The van der Waals surface area contributed by atoms with E-state index in [2.05, 4.69) is 20.3 Å². The minimum absolute atomic E-state index is 0.0491. The summed E-state index contributed by atoms with van der Waals surface area (Å²) < 4.78 is 24.2. The first-order valence-corrected chi connectivity index (χ1v) is 11.6. The molecule has 0 radical (unpaired) electrons. The highest BCUT2D eigenvalue weighted by Crippen LogP contribution is 2.32. The molecule has 0 atom stereocenters. The molecule has 0 saturated carbocycles. The van der Waals surface area contributed by atoms with Crippen molar-refractivity contribution in [2.45, 2.75) is 18.7 Å². The predicted molar refractivity (Wildman–Crippen MR) is 121 cm³/mol. The van der Waals surface area contributed by atoms with Crippen molar-refractivity contribution < 1.29 is 13.5 Å². The Bertz CT molecular complexity index is 1350. The quantitative estimate of drug-likeness (QED) is 0.416. The van der Waals surface area contributed by atoms with Crippen LogP contribution in [0.3, 0.4) is 0 Å². The lowest BCUT2D eigenvalue weighted by Gasteiger charge is -2.11. The molecule has 0 spiro atoms. The lowest BCUT2D eigenvalue weighted by atomic mass is 10.1. The highest BCUT2D eigenvalue weighted by Gasteiger charge is 2.19. The third-order valence-electron chi connectivity index (χ3n) is 4.43. The number of aromatic nitrogens is 3. The van der Waals surface area contributed by atoms with Crippen molar-refractivity contribution in [2.24, 2.45) is 5.14 Å². The van der Waals surface area contributed by atoms with E-state index in [1.165, 1.54) is 17.4 Å². The molecule has 0 unspecified atom stereocenters. The van der Waals surface area contributed by atoms with E-state index in [0.29, 0.717) is 16.4 Å². The molecule has 2 aromatic carbocycles. The number of anilines is 2. The number of sulfonamides is 1. The first-order valence-electron chi connectivity index (χ1n) is 9.20. The van der Waals surface area contributed by atoms with E-state index in [1.54, 1.807) is 36.4 Å². The van der Waals surface area contributed by atoms with Gasteiger partial charge < -0.3 is 10.4 Å². The smallest absolute Gasteiger partial charge is 0.238 e. The largest absolute Gasteiger partial charge is 0.508 e. The Balaban J connectivity index is 1.71. The van der Waals surface area contributed by atoms with Gasteiger partial charge in [0.15, 0.2) is 11.0 Å². The van der Waals surface area contributed by atoms with Gasteiger partial charge in [0, 0.05) is 33.6 Å². The van der Waals surface area contributed by atoms with E-state index >= 15 is 0 Å². The summed E-state index contributed by atoms with van der Waals surface area (Å²) in [4.78, 5) is 13.3. The van der Waals surface area contributed by atoms with Crippen molar-refractivity contribution in [1.29, 1.82) is 0 Å². The van der Waals surface area contributed by atoms with E-state index in [-0.39, 0.29) is 16.5 Å². The molecule has 4 N–H and O–H groups in total. The number of primary sulfonamides is 1. The Hall–Kier alpha value is -3.34. The van der Waals surface area contributed by atoms with Crippen molar-refractivity contribution in [2.75, 3.05) is 5.32 Å². The minimum Gasteiger partial charge on any atom is -0.508 e. The zero-order valence-corrected chi connectivity index (χ0v) is 18.3. The average Bonchev–Trinajstić information content (AvgIpc) is 3.15. The molecular weight excluding hydrogens is 434 g/mol. The van der Waals surface area contributed by atoms with Gasteiger partial charge in [-0.25, -0.2) is 28.5 Å². The number of nitrogens with two attached hydrogens (primary N) is 1. The summed E-state index contributed by atoms with van der Waals surface area (Å²) in [5, 5.41) is 20.6. The molecular formula is C21H19N5O3S2. The first-order chi connectivity index (χ1) is 14.7. The maximum Gasteiger partial charge on any atom is 0.238 e. The van der Waals surface area contributed by atoms with Crippen LogP contribution in [0, 0.1) is 13.8 Å². The number of aryl methyl sites for hydroxylation is 2. The maximum atomic E-state index is 12.1. The molecule has 0 fully saturated rings. The maximum absolute atomic E-state index is 12.1. The lowest BCUT2D eigenvalue weighted by Crippen LogP contribution is -2.14. The van der Waals surface area contributed by atoms with Crippen LogP contribution in [0.25, 0.3) is 22.6 Å². The molecule has 31 heavy (non-hydrogen) atoms. The fourth-order valence-electron chi connectivity index (χ4n) is 3.10. The van der Waals surface area contributed by atoms with Crippen molar-refractivity contribution in [1.82, 2.24) is 15.0 Å². The molecule has 0 amide bonds. The predicted octanol–water partition coefficient (Wildman–Crippen LogP) is 3.98. The van der Waals surface area contributed by atoms with E-state index < -0.39 is 10.0 Å². The Morgan fingerprint density at radius 2 is 1.65 bits per heavy atom. The van der Waals surface area contributed by atoms with Gasteiger partial charge in [-0.3, -0.25) is 0 Å². The van der Waals surface area contributed by atoms with Crippen LogP contribution >= 0.6 is 11.3 Å². The van der Waals surface area contributed by atoms with Crippen LogP contribution < -0.4 is 10.5 Å². The number of nitrogens with one attached hydrogen (secondary N) is 1. The number of hydrogen-bond acceptors (Lipinski definition) is 8. The summed E-state index contributed by atoms with van der Waals surface area (Å²) in [6.07, 6.45) is 0. The lowest BCUT2D eigenvalue weighted by molar-refractivity contribution is 0.475. The zero-order valence-electron chi connectivity index (χ0n) is 16.7. The van der Waals surface area contributed by atoms with E-state index in [0.717, 1.165) is 22.6 Å². The summed E-state index contributed by atoms with van der Waals surface area (Å²) >= 11 is 1.40. The van der Waals surface area contributed by atoms with Gasteiger partial charge in [-0.1, -0.05) is 0 Å². The monoisotopic (exact) mass is 453 g/mol. The molecule has 4 rings (SSSR count). The van der Waals surface area contributed by atoms with Crippen LogP contribution in [-0.2, 0) is 10.0 Å². The fourth-order valence-corrected chi connectivity index (χ4v) is 4.55. The third kappa shape index (κ3) is 4.71. The number of rotatable bonds is 5. The van der Waals surface area contributed by atoms with Gasteiger partial charge in [0.25, 0.3) is 0 Å². The number of thiazole rings is 1. The van der Waals surface area contributed by atoms with Crippen LogP contribution in [0.4, 0.5) is 10.8 Å². The molecule has 4 aromatic rings. The molecule has 2 heterocycles. The SMILES string of the molecule is Cc1cc(C)nc(-c2cc(Nc3nc(-c4ccc(O)cc4)cs3)ccc2S(N)(=O)=O)n1. The first kappa shape index (κ1) is 20.9. The molecule has 0 aliphatic carbocycles. The van der Waals surface area contributed by atoms with Gasteiger partial charge in [0.1, 0.15) is 5.75 Å². The zero-order chi connectivity index (χ0) is 22.2. The van der Waals surface area contributed by atoms with Gasteiger partial charge in [-0.15, -0.1) is 11.3 Å². The molecule has 8 nitrogen and oxygen atoms in total. The molecule has 10 heteroatoms. The van der Waals surface area contributed by atoms with Gasteiger partial charge in [-0.2, -0.15) is 0 Å². The minimum atomic E-state index is -3.97. The Labute approximate surface area is 183 Å². The number of nitrogens with zero attached hydrogens (tertiary/aromatic N) is 3. The van der Waals surface area contributed by atoms with E-state index in [9.17, 15) is 13.5 Å². The second kappa shape index (κ2) is 8.06. The Morgan fingerprint density at radius 3 is 2.29 bits per heavy atom. The van der Waals surface area contributed by atoms with Crippen molar-refractivity contribution in [3.05, 3.63) is 65.3 Å². The summed E-state index contributed by atoms with van der Waals surface area (Å²) in [5.41, 5.74) is 4.01. The molecule has 0 bridgehead atoms. The van der Waals surface area contributed by atoms with Gasteiger partial charge in [-0.05, 0) is 62.4 Å². The highest BCUT2D eigenvalue weighted by atomic mass is 32.2. The summed E-state index contributed by atoms with van der Waals surface area (Å²) in [7, 11) is -3.97. The normalized spacial score (nSPS) is 11.5. The second-order valence-corrected chi connectivity index (χ2v) is 9.33. The van der Waals surface area contributed by atoms with Gasteiger partial charge in [0.05, 0.1) is 10.6 Å². The van der Waals surface area contributed by atoms with Gasteiger partial charge >= 0.3 is 0 Å². The number of phenolic OH excluding ortho intramolecular Hbond substituents is 1. The van der Waals surface area contributed by atoms with Crippen LogP contribution in [-0.4, -0.2) is 28.5 Å². The Kier molecular flexibility index (Phi) is 5.44. The van der Waals surface area contributed by atoms with Crippen LogP contribution in [0.1, 0.15) is 11.4 Å². The number of phenols is 1. The molecule has 0 saturated heterocycles. The van der Waals surface area contributed by atoms with E-state index in [1.807, 2.05) is 25.3 Å². The van der Waals surface area contributed by atoms with Gasteiger partial charge in [0.2, 0.25) is 10.0 Å². The Morgan fingerprint density at radius 1 is 0.968 bits per heavy atom. The van der Waals surface area contributed by atoms with Crippen LogP contribution in [0.15, 0.2) is 58.8 Å². The molecule has 158 valence electrons. The van der Waals surface area contributed by atoms with Crippen molar-refractivity contribution in [3.63, 3.8) is 0 Å².